The van der Waals surface area contributed by atoms with Gasteiger partial charge in [-0.2, -0.15) is 4.98 Å². The van der Waals surface area contributed by atoms with Gasteiger partial charge >= 0.3 is 0 Å². The molecule has 0 N–H and O–H groups in total. The van der Waals surface area contributed by atoms with Crippen molar-refractivity contribution < 1.29 is 8.42 Å². The number of rotatable bonds is 3. The van der Waals surface area contributed by atoms with Crippen LogP contribution in [0.3, 0.4) is 0 Å². The van der Waals surface area contributed by atoms with Gasteiger partial charge in [-0.3, -0.25) is 0 Å². The van der Waals surface area contributed by atoms with E-state index in [9.17, 15) is 8.42 Å². The van der Waals surface area contributed by atoms with Crippen LogP contribution in [0.1, 0.15) is 18.9 Å². The number of hydrogen-bond acceptors (Lipinski definition) is 6. The average Bonchev–Trinajstić information content (AvgIpc) is 3.12. The molecule has 0 aliphatic carbocycles. The lowest BCUT2D eigenvalue weighted by atomic mass is 10.1. The van der Waals surface area contributed by atoms with Crippen LogP contribution in [0.2, 0.25) is 0 Å². The lowest BCUT2D eigenvalue weighted by Gasteiger charge is -2.27. The molecule has 4 rings (SSSR count). The number of sulfone groups is 1. The Morgan fingerprint density at radius 3 is 2.80 bits per heavy atom. The largest absolute Gasteiger partial charge is 0.340 e. The second kappa shape index (κ2) is 5.98. The van der Waals surface area contributed by atoms with E-state index in [0.717, 1.165) is 12.2 Å². The van der Waals surface area contributed by atoms with Crippen LogP contribution < -0.4 is 9.80 Å². The number of aromatic nitrogens is 2. The highest BCUT2D eigenvalue weighted by atomic mass is 32.2. The zero-order valence-electron chi connectivity index (χ0n) is 14.5. The van der Waals surface area contributed by atoms with Crippen molar-refractivity contribution in [2.45, 2.75) is 31.8 Å². The molecule has 3 heterocycles. The topological polar surface area (TPSA) is 66.4 Å². The van der Waals surface area contributed by atoms with Crippen LogP contribution in [-0.2, 0) is 16.3 Å². The third kappa shape index (κ3) is 2.97. The molecular weight excluding hydrogens is 336 g/mol. The molecule has 2 aromatic rings. The number of para-hydroxylation sites is 1. The summed E-state index contributed by atoms with van der Waals surface area (Å²) in [4.78, 5) is 13.3. The van der Waals surface area contributed by atoms with Gasteiger partial charge in [-0.25, -0.2) is 13.4 Å². The van der Waals surface area contributed by atoms with Crippen LogP contribution in [0.4, 0.5) is 17.5 Å². The van der Waals surface area contributed by atoms with E-state index in [1.165, 1.54) is 11.3 Å². The van der Waals surface area contributed by atoms with Gasteiger partial charge in [0.05, 0.1) is 11.5 Å². The van der Waals surface area contributed by atoms with E-state index >= 15 is 0 Å². The molecule has 1 fully saturated rings. The summed E-state index contributed by atoms with van der Waals surface area (Å²) in [6.07, 6.45) is 3.38. The van der Waals surface area contributed by atoms with E-state index in [-0.39, 0.29) is 17.5 Å². The first-order chi connectivity index (χ1) is 11.9. The van der Waals surface area contributed by atoms with E-state index in [1.54, 1.807) is 6.20 Å². The molecule has 2 aliphatic heterocycles. The summed E-state index contributed by atoms with van der Waals surface area (Å²) in [5.74, 6) is 1.87. The molecule has 0 saturated carbocycles. The van der Waals surface area contributed by atoms with E-state index in [0.29, 0.717) is 18.4 Å². The fourth-order valence-corrected chi connectivity index (χ4v) is 5.58. The molecule has 1 aromatic heterocycles. The standard InChI is InChI=1S/C18H22N4O2S/c1-13-11-14-5-3-4-6-16(14)22(13)17-7-9-19-18(20-17)21(2)15-8-10-25(23,24)12-15/h3-7,9,13,15H,8,10-12H2,1-2H3. The Hall–Kier alpha value is -2.15. The second-order valence-electron chi connectivity index (χ2n) is 6.93. The summed E-state index contributed by atoms with van der Waals surface area (Å²) in [6, 6.07) is 10.6. The van der Waals surface area contributed by atoms with Gasteiger partial charge in [0, 0.05) is 31.0 Å². The zero-order chi connectivity index (χ0) is 17.6. The maximum Gasteiger partial charge on any atom is 0.227 e. The Kier molecular flexibility index (Phi) is 3.91. The van der Waals surface area contributed by atoms with Crippen LogP contribution in [-0.4, -0.2) is 49.0 Å². The zero-order valence-corrected chi connectivity index (χ0v) is 15.3. The molecule has 2 aliphatic rings. The van der Waals surface area contributed by atoms with Crippen molar-refractivity contribution in [3.05, 3.63) is 42.1 Å². The van der Waals surface area contributed by atoms with Crippen molar-refractivity contribution in [1.29, 1.82) is 0 Å². The van der Waals surface area contributed by atoms with Crippen LogP contribution in [0, 0.1) is 0 Å². The summed E-state index contributed by atoms with van der Waals surface area (Å²) >= 11 is 0. The predicted molar refractivity (Wildman–Crippen MR) is 99.2 cm³/mol. The highest BCUT2D eigenvalue weighted by molar-refractivity contribution is 7.91. The summed E-state index contributed by atoms with van der Waals surface area (Å²) < 4.78 is 23.5. The van der Waals surface area contributed by atoms with Crippen LogP contribution in [0.25, 0.3) is 0 Å². The quantitative estimate of drug-likeness (QED) is 0.838. The van der Waals surface area contributed by atoms with Crippen molar-refractivity contribution in [2.24, 2.45) is 0 Å². The van der Waals surface area contributed by atoms with Crippen molar-refractivity contribution in [1.82, 2.24) is 9.97 Å². The van der Waals surface area contributed by atoms with Gasteiger partial charge in [0.2, 0.25) is 5.95 Å². The van der Waals surface area contributed by atoms with Crippen molar-refractivity contribution >= 4 is 27.3 Å². The van der Waals surface area contributed by atoms with E-state index in [1.807, 2.05) is 24.1 Å². The van der Waals surface area contributed by atoms with Gasteiger partial charge in [-0.1, -0.05) is 18.2 Å². The molecule has 0 bridgehead atoms. The monoisotopic (exact) mass is 358 g/mol. The number of benzene rings is 1. The minimum atomic E-state index is -2.93. The summed E-state index contributed by atoms with van der Waals surface area (Å²) in [5, 5.41) is 0. The van der Waals surface area contributed by atoms with E-state index in [4.69, 9.17) is 4.98 Å². The predicted octanol–water partition coefficient (Wildman–Crippen LogP) is 2.18. The van der Waals surface area contributed by atoms with Gasteiger partial charge in [0.15, 0.2) is 9.84 Å². The van der Waals surface area contributed by atoms with Crippen LogP contribution >= 0.6 is 0 Å². The molecule has 1 saturated heterocycles. The van der Waals surface area contributed by atoms with Gasteiger partial charge in [-0.15, -0.1) is 0 Å². The van der Waals surface area contributed by atoms with Gasteiger partial charge in [-0.05, 0) is 37.5 Å². The third-order valence-electron chi connectivity index (χ3n) is 5.15. The Bertz CT molecular complexity index is 899. The number of hydrogen-bond donors (Lipinski definition) is 0. The van der Waals surface area contributed by atoms with E-state index in [2.05, 4.69) is 35.0 Å². The minimum Gasteiger partial charge on any atom is -0.340 e. The normalized spacial score (nSPS) is 24.3. The van der Waals surface area contributed by atoms with Crippen molar-refractivity contribution in [2.75, 3.05) is 28.4 Å². The molecule has 0 radical (unpaired) electrons. The minimum absolute atomic E-state index is 0.0523. The molecule has 6 nitrogen and oxygen atoms in total. The first-order valence-corrected chi connectivity index (χ1v) is 10.4. The maximum absolute atomic E-state index is 11.8. The summed E-state index contributed by atoms with van der Waals surface area (Å²) in [5.41, 5.74) is 2.51. The fourth-order valence-electron chi connectivity index (χ4n) is 3.80. The lowest BCUT2D eigenvalue weighted by molar-refractivity contribution is 0.600. The lowest BCUT2D eigenvalue weighted by Crippen LogP contribution is -2.34. The van der Waals surface area contributed by atoms with Gasteiger partial charge < -0.3 is 9.80 Å². The second-order valence-corrected chi connectivity index (χ2v) is 9.16. The number of anilines is 3. The smallest absolute Gasteiger partial charge is 0.227 e. The third-order valence-corrected chi connectivity index (χ3v) is 6.90. The fraction of sp³-hybridized carbons (Fsp3) is 0.444. The molecule has 0 spiro atoms. The molecule has 2 atom stereocenters. The summed E-state index contributed by atoms with van der Waals surface area (Å²) in [7, 11) is -1.05. The van der Waals surface area contributed by atoms with Gasteiger partial charge in [0.25, 0.3) is 0 Å². The Morgan fingerprint density at radius 2 is 2.04 bits per heavy atom. The first kappa shape index (κ1) is 16.3. The van der Waals surface area contributed by atoms with Crippen LogP contribution in [0.15, 0.2) is 36.5 Å². The molecule has 7 heteroatoms. The Morgan fingerprint density at radius 1 is 1.24 bits per heavy atom. The molecule has 25 heavy (non-hydrogen) atoms. The first-order valence-electron chi connectivity index (χ1n) is 8.58. The Balaban J connectivity index is 1.64. The number of nitrogens with zero attached hydrogens (tertiary/aromatic N) is 4. The highest BCUT2D eigenvalue weighted by Gasteiger charge is 2.33. The maximum atomic E-state index is 11.8. The van der Waals surface area contributed by atoms with Crippen molar-refractivity contribution in [3.63, 3.8) is 0 Å². The summed E-state index contributed by atoms with van der Waals surface area (Å²) in [6.45, 7) is 2.19. The molecule has 2 unspecified atom stereocenters. The van der Waals surface area contributed by atoms with Crippen molar-refractivity contribution in [3.8, 4) is 0 Å². The van der Waals surface area contributed by atoms with Crippen LogP contribution in [0.5, 0.6) is 0 Å². The molecule has 0 amide bonds. The molecule has 1 aromatic carbocycles. The Labute approximate surface area is 148 Å². The average molecular weight is 358 g/mol. The van der Waals surface area contributed by atoms with E-state index < -0.39 is 9.84 Å². The SMILES string of the molecule is CC1Cc2ccccc2N1c1ccnc(N(C)C2CCS(=O)(=O)C2)n1. The van der Waals surface area contributed by atoms with Gasteiger partial charge in [0.1, 0.15) is 5.82 Å². The molecular formula is C18H22N4O2S. The molecule has 132 valence electrons. The number of fused-ring (bicyclic) bond motifs is 1. The highest BCUT2D eigenvalue weighted by Crippen LogP contribution is 2.37.